The molecule has 0 aromatic heterocycles. The average Bonchev–Trinajstić information content (AvgIpc) is 2.42. The van der Waals surface area contributed by atoms with Gasteiger partial charge in [-0.1, -0.05) is 51.8 Å². The largest absolute Gasteiger partial charge is 0.322 e. The number of amides is 1. The lowest BCUT2D eigenvalue weighted by Crippen LogP contribution is -2.14. The molecule has 0 heterocycles. The molecule has 2 aromatic carbocycles. The summed E-state index contributed by atoms with van der Waals surface area (Å²) in [6.07, 6.45) is 0. The van der Waals surface area contributed by atoms with E-state index >= 15 is 0 Å². The molecule has 0 fully saturated rings. The number of nitrogens with one attached hydrogen (secondary N) is 1. The summed E-state index contributed by atoms with van der Waals surface area (Å²) in [5, 5.41) is 4.17. The lowest BCUT2D eigenvalue weighted by Gasteiger charge is -2.11. The number of carbonyl (C=O) groups excluding carboxylic acids is 1. The number of aryl methyl sites for hydroxylation is 1. The van der Waals surface area contributed by atoms with Crippen LogP contribution in [0, 0.1) is 6.92 Å². The van der Waals surface area contributed by atoms with Crippen molar-refractivity contribution in [3.8, 4) is 0 Å². The van der Waals surface area contributed by atoms with E-state index in [1.165, 1.54) is 0 Å². The van der Waals surface area contributed by atoms with Crippen LogP contribution in [-0.2, 0) is 5.33 Å². The monoisotopic (exact) mass is 337 g/mol. The summed E-state index contributed by atoms with van der Waals surface area (Å²) in [4.78, 5) is 12.3. The Morgan fingerprint density at radius 3 is 2.74 bits per heavy atom. The first-order valence-electron chi connectivity index (χ1n) is 5.83. The van der Waals surface area contributed by atoms with Crippen molar-refractivity contribution in [2.45, 2.75) is 12.3 Å². The highest BCUT2D eigenvalue weighted by Gasteiger charge is 2.11. The lowest BCUT2D eigenvalue weighted by molar-refractivity contribution is 0.102. The van der Waals surface area contributed by atoms with Crippen LogP contribution in [0.1, 0.15) is 21.5 Å². The van der Waals surface area contributed by atoms with E-state index in [1.807, 2.05) is 37.3 Å². The van der Waals surface area contributed by atoms with E-state index in [-0.39, 0.29) is 5.91 Å². The lowest BCUT2D eigenvalue weighted by atomic mass is 10.1. The van der Waals surface area contributed by atoms with Crippen molar-refractivity contribution in [3.05, 3.63) is 64.2 Å². The standard InChI is InChI=1S/C15H13BrClNO/c1-10-6-7-12(17)8-13(10)15(19)18-14-5-3-2-4-11(14)9-16/h2-8H,9H2,1H3,(H,18,19). The van der Waals surface area contributed by atoms with E-state index in [4.69, 9.17) is 11.6 Å². The number of halogens is 2. The number of rotatable bonds is 3. The van der Waals surface area contributed by atoms with Crippen LogP contribution in [0.2, 0.25) is 5.02 Å². The fourth-order valence-electron chi connectivity index (χ4n) is 1.79. The molecule has 4 heteroatoms. The van der Waals surface area contributed by atoms with Crippen molar-refractivity contribution < 1.29 is 4.79 Å². The molecule has 19 heavy (non-hydrogen) atoms. The predicted octanol–water partition coefficient (Wildman–Crippen LogP) is 4.80. The van der Waals surface area contributed by atoms with Gasteiger partial charge in [-0.05, 0) is 36.2 Å². The van der Waals surface area contributed by atoms with Gasteiger partial charge in [0.2, 0.25) is 0 Å². The summed E-state index contributed by atoms with van der Waals surface area (Å²) < 4.78 is 0. The number of para-hydroxylation sites is 1. The van der Waals surface area contributed by atoms with Gasteiger partial charge in [-0.2, -0.15) is 0 Å². The first-order chi connectivity index (χ1) is 9.11. The minimum Gasteiger partial charge on any atom is -0.322 e. The maximum absolute atomic E-state index is 12.3. The van der Waals surface area contributed by atoms with Gasteiger partial charge in [-0.25, -0.2) is 0 Å². The molecule has 0 atom stereocenters. The van der Waals surface area contributed by atoms with Gasteiger partial charge in [-0.15, -0.1) is 0 Å². The molecule has 0 aliphatic rings. The number of benzene rings is 2. The molecule has 2 aromatic rings. The van der Waals surface area contributed by atoms with Crippen LogP contribution >= 0.6 is 27.5 Å². The third-order valence-electron chi connectivity index (χ3n) is 2.85. The summed E-state index contributed by atoms with van der Waals surface area (Å²) >= 11 is 9.34. The molecule has 2 rings (SSSR count). The van der Waals surface area contributed by atoms with E-state index in [0.717, 1.165) is 16.8 Å². The zero-order chi connectivity index (χ0) is 13.8. The van der Waals surface area contributed by atoms with Gasteiger partial charge in [0.1, 0.15) is 0 Å². The quantitative estimate of drug-likeness (QED) is 0.801. The van der Waals surface area contributed by atoms with Crippen molar-refractivity contribution in [1.82, 2.24) is 0 Å². The molecule has 98 valence electrons. The van der Waals surface area contributed by atoms with Crippen LogP contribution in [0.5, 0.6) is 0 Å². The molecule has 0 aliphatic heterocycles. The molecule has 0 unspecified atom stereocenters. The number of alkyl halides is 1. The predicted molar refractivity (Wildman–Crippen MR) is 83.2 cm³/mol. The summed E-state index contributed by atoms with van der Waals surface area (Å²) in [5.74, 6) is -0.145. The molecular formula is C15H13BrClNO. The zero-order valence-electron chi connectivity index (χ0n) is 10.4. The Morgan fingerprint density at radius 1 is 1.26 bits per heavy atom. The summed E-state index contributed by atoms with van der Waals surface area (Å²) in [5.41, 5.74) is 3.34. The zero-order valence-corrected chi connectivity index (χ0v) is 12.8. The average molecular weight is 339 g/mol. The second-order valence-electron chi connectivity index (χ2n) is 4.20. The molecule has 0 saturated heterocycles. The number of hydrogen-bond acceptors (Lipinski definition) is 1. The molecule has 0 aliphatic carbocycles. The highest BCUT2D eigenvalue weighted by Crippen LogP contribution is 2.21. The Labute approximate surface area is 125 Å². The first kappa shape index (κ1) is 14.1. The normalized spacial score (nSPS) is 10.3. The Balaban J connectivity index is 2.28. The Morgan fingerprint density at radius 2 is 2.00 bits per heavy atom. The minimum atomic E-state index is -0.145. The first-order valence-corrected chi connectivity index (χ1v) is 7.33. The number of hydrogen-bond donors (Lipinski definition) is 1. The third-order valence-corrected chi connectivity index (χ3v) is 3.69. The van der Waals surface area contributed by atoms with Crippen LogP contribution in [0.25, 0.3) is 0 Å². The maximum atomic E-state index is 12.3. The fourth-order valence-corrected chi connectivity index (χ4v) is 2.45. The van der Waals surface area contributed by atoms with Crippen molar-refractivity contribution in [3.63, 3.8) is 0 Å². The molecule has 0 bridgehead atoms. The number of anilines is 1. The van der Waals surface area contributed by atoms with Crippen molar-refractivity contribution in [1.29, 1.82) is 0 Å². The molecule has 0 saturated carbocycles. The van der Waals surface area contributed by atoms with Crippen LogP contribution in [0.4, 0.5) is 5.69 Å². The summed E-state index contributed by atoms with van der Waals surface area (Å²) in [7, 11) is 0. The summed E-state index contributed by atoms with van der Waals surface area (Å²) in [6.45, 7) is 1.89. The molecule has 0 radical (unpaired) electrons. The topological polar surface area (TPSA) is 29.1 Å². The van der Waals surface area contributed by atoms with Crippen LogP contribution in [0.3, 0.4) is 0 Å². The van der Waals surface area contributed by atoms with E-state index in [1.54, 1.807) is 12.1 Å². The Bertz CT molecular complexity index is 613. The Kier molecular flexibility index (Phi) is 4.61. The van der Waals surface area contributed by atoms with E-state index in [2.05, 4.69) is 21.2 Å². The molecule has 1 N–H and O–H groups in total. The van der Waals surface area contributed by atoms with Gasteiger partial charge in [0, 0.05) is 21.6 Å². The second kappa shape index (κ2) is 6.22. The molecule has 0 spiro atoms. The third kappa shape index (κ3) is 3.37. The van der Waals surface area contributed by atoms with Gasteiger partial charge in [0.05, 0.1) is 0 Å². The van der Waals surface area contributed by atoms with Gasteiger partial charge in [0.25, 0.3) is 5.91 Å². The van der Waals surface area contributed by atoms with E-state index in [9.17, 15) is 4.79 Å². The SMILES string of the molecule is Cc1ccc(Cl)cc1C(=O)Nc1ccccc1CBr. The fraction of sp³-hybridized carbons (Fsp3) is 0.133. The Hall–Kier alpha value is -1.32. The molecular weight excluding hydrogens is 326 g/mol. The minimum absolute atomic E-state index is 0.145. The molecule has 1 amide bonds. The van der Waals surface area contributed by atoms with Crippen molar-refractivity contribution in [2.75, 3.05) is 5.32 Å². The van der Waals surface area contributed by atoms with Gasteiger partial charge in [-0.3, -0.25) is 4.79 Å². The van der Waals surface area contributed by atoms with Crippen LogP contribution < -0.4 is 5.32 Å². The van der Waals surface area contributed by atoms with E-state index < -0.39 is 0 Å². The van der Waals surface area contributed by atoms with Gasteiger partial charge >= 0.3 is 0 Å². The van der Waals surface area contributed by atoms with Crippen LogP contribution in [-0.4, -0.2) is 5.91 Å². The smallest absolute Gasteiger partial charge is 0.255 e. The highest BCUT2D eigenvalue weighted by atomic mass is 79.9. The van der Waals surface area contributed by atoms with E-state index in [0.29, 0.717) is 15.9 Å². The highest BCUT2D eigenvalue weighted by molar-refractivity contribution is 9.08. The summed E-state index contributed by atoms with van der Waals surface area (Å²) in [6, 6.07) is 13.0. The van der Waals surface area contributed by atoms with Crippen LogP contribution in [0.15, 0.2) is 42.5 Å². The van der Waals surface area contributed by atoms with Crippen molar-refractivity contribution >= 4 is 39.1 Å². The van der Waals surface area contributed by atoms with Gasteiger partial charge < -0.3 is 5.32 Å². The maximum Gasteiger partial charge on any atom is 0.255 e. The molecule has 2 nitrogen and oxygen atoms in total. The van der Waals surface area contributed by atoms with Gasteiger partial charge in [0.15, 0.2) is 0 Å². The number of carbonyl (C=O) groups is 1. The second-order valence-corrected chi connectivity index (χ2v) is 5.20. The van der Waals surface area contributed by atoms with Crippen molar-refractivity contribution in [2.24, 2.45) is 0 Å².